The minimum atomic E-state index is -3.87. The Morgan fingerprint density at radius 3 is 1.96 bits per heavy atom. The lowest BCUT2D eigenvalue weighted by Gasteiger charge is -2.33. The second kappa shape index (κ2) is 8.08. The molecule has 3 N–H and O–H groups in total. The molecule has 1 aliphatic heterocycles. The monoisotopic (exact) mass is 425 g/mol. The van der Waals surface area contributed by atoms with Crippen molar-refractivity contribution in [1.82, 2.24) is 0 Å². The summed E-state index contributed by atoms with van der Waals surface area (Å²) in [5.74, 6) is 0. The molecular formula is C18H23N3O5S2. The van der Waals surface area contributed by atoms with E-state index in [-0.39, 0.29) is 9.79 Å². The van der Waals surface area contributed by atoms with E-state index in [4.69, 9.17) is 9.88 Å². The highest BCUT2D eigenvalue weighted by Gasteiger charge is 2.19. The number of rotatable bonds is 6. The molecule has 0 unspecified atom stereocenters. The summed E-state index contributed by atoms with van der Waals surface area (Å²) in [6.45, 7) is 1.78. The first kappa shape index (κ1) is 20.6. The number of piperidine rings is 1. The molecule has 0 spiro atoms. The van der Waals surface area contributed by atoms with Crippen molar-refractivity contribution in [1.29, 1.82) is 0 Å². The largest absolute Gasteiger partial charge is 0.381 e. The summed E-state index contributed by atoms with van der Waals surface area (Å²) >= 11 is 0. The van der Waals surface area contributed by atoms with Gasteiger partial charge in [0.1, 0.15) is 0 Å². The summed E-state index contributed by atoms with van der Waals surface area (Å²) in [5.41, 5.74) is 1.45. The fraction of sp³-hybridized carbons (Fsp3) is 0.333. The van der Waals surface area contributed by atoms with E-state index in [0.29, 0.717) is 11.8 Å². The Labute approximate surface area is 165 Å². The van der Waals surface area contributed by atoms with Crippen molar-refractivity contribution in [2.24, 2.45) is 5.14 Å². The van der Waals surface area contributed by atoms with Crippen LogP contribution in [0.4, 0.5) is 11.4 Å². The number of nitrogens with zero attached hydrogens (tertiary/aromatic N) is 1. The molecule has 152 valence electrons. The van der Waals surface area contributed by atoms with Gasteiger partial charge in [-0.25, -0.2) is 22.0 Å². The van der Waals surface area contributed by atoms with Crippen molar-refractivity contribution in [3.8, 4) is 0 Å². The van der Waals surface area contributed by atoms with Gasteiger partial charge >= 0.3 is 0 Å². The van der Waals surface area contributed by atoms with Crippen molar-refractivity contribution in [2.45, 2.75) is 28.7 Å². The smallest absolute Gasteiger partial charge is 0.261 e. The van der Waals surface area contributed by atoms with Gasteiger partial charge in [0, 0.05) is 31.6 Å². The Hall–Kier alpha value is -2.14. The molecule has 0 radical (unpaired) electrons. The fourth-order valence-corrected chi connectivity index (χ4v) is 4.69. The average Bonchev–Trinajstić information content (AvgIpc) is 2.68. The van der Waals surface area contributed by atoms with Gasteiger partial charge in [-0.2, -0.15) is 0 Å². The predicted octanol–water partition coefficient (Wildman–Crippen LogP) is 1.75. The highest BCUT2D eigenvalue weighted by molar-refractivity contribution is 7.92. The summed E-state index contributed by atoms with van der Waals surface area (Å²) in [4.78, 5) is 2.04. The number of benzene rings is 2. The Morgan fingerprint density at radius 1 is 0.929 bits per heavy atom. The summed E-state index contributed by atoms with van der Waals surface area (Å²) in [6, 6.07) is 11.9. The fourth-order valence-electron chi connectivity index (χ4n) is 3.11. The number of anilines is 2. The van der Waals surface area contributed by atoms with Gasteiger partial charge in [-0.15, -0.1) is 0 Å². The number of methoxy groups -OCH3 is 1. The van der Waals surface area contributed by atoms with E-state index in [1.54, 1.807) is 19.2 Å². The minimum Gasteiger partial charge on any atom is -0.381 e. The lowest BCUT2D eigenvalue weighted by atomic mass is 10.1. The van der Waals surface area contributed by atoms with Crippen molar-refractivity contribution in [2.75, 3.05) is 29.8 Å². The average molecular weight is 426 g/mol. The van der Waals surface area contributed by atoms with Gasteiger partial charge in [-0.05, 0) is 61.4 Å². The zero-order valence-corrected chi connectivity index (χ0v) is 17.0. The Morgan fingerprint density at radius 2 is 1.46 bits per heavy atom. The molecule has 1 aliphatic rings. The van der Waals surface area contributed by atoms with Gasteiger partial charge in [0.2, 0.25) is 10.0 Å². The molecule has 3 rings (SSSR count). The first-order chi connectivity index (χ1) is 13.2. The maximum Gasteiger partial charge on any atom is 0.261 e. The maximum absolute atomic E-state index is 12.5. The van der Waals surface area contributed by atoms with E-state index in [9.17, 15) is 16.8 Å². The summed E-state index contributed by atoms with van der Waals surface area (Å²) < 4.78 is 55.4. The molecule has 0 bridgehead atoms. The van der Waals surface area contributed by atoms with E-state index < -0.39 is 20.0 Å². The Balaban J connectivity index is 1.69. The SMILES string of the molecule is COC1CCN(c2ccc(NS(=O)(=O)c3ccc(S(N)(=O)=O)cc3)cc2)CC1. The number of sulfonamides is 2. The maximum atomic E-state index is 12.5. The van der Waals surface area contributed by atoms with E-state index in [0.717, 1.165) is 43.8 Å². The van der Waals surface area contributed by atoms with Crippen LogP contribution >= 0.6 is 0 Å². The van der Waals surface area contributed by atoms with Crippen molar-refractivity contribution >= 4 is 31.4 Å². The van der Waals surface area contributed by atoms with Crippen LogP contribution in [0.1, 0.15) is 12.8 Å². The van der Waals surface area contributed by atoms with Crippen LogP contribution in [-0.2, 0) is 24.8 Å². The zero-order valence-electron chi connectivity index (χ0n) is 15.4. The summed E-state index contributed by atoms with van der Waals surface area (Å²) in [7, 11) is -5.99. The molecule has 0 aliphatic carbocycles. The third-order valence-electron chi connectivity index (χ3n) is 4.72. The lowest BCUT2D eigenvalue weighted by Crippen LogP contribution is -2.36. The van der Waals surface area contributed by atoms with Crippen LogP contribution in [-0.4, -0.2) is 43.1 Å². The Bertz CT molecular complexity index is 1010. The van der Waals surface area contributed by atoms with E-state index in [2.05, 4.69) is 9.62 Å². The highest BCUT2D eigenvalue weighted by atomic mass is 32.2. The highest BCUT2D eigenvalue weighted by Crippen LogP contribution is 2.24. The van der Waals surface area contributed by atoms with Gasteiger partial charge in [-0.1, -0.05) is 0 Å². The van der Waals surface area contributed by atoms with Crippen LogP contribution in [0.25, 0.3) is 0 Å². The van der Waals surface area contributed by atoms with Gasteiger partial charge < -0.3 is 9.64 Å². The van der Waals surface area contributed by atoms with Gasteiger partial charge in [0.15, 0.2) is 0 Å². The first-order valence-corrected chi connectivity index (χ1v) is 11.8. The zero-order chi connectivity index (χ0) is 20.4. The molecule has 0 aromatic heterocycles. The van der Waals surface area contributed by atoms with E-state index in [1.807, 2.05) is 12.1 Å². The second-order valence-corrected chi connectivity index (χ2v) is 9.83. The molecule has 0 atom stereocenters. The Kier molecular flexibility index (Phi) is 5.94. The third-order valence-corrected chi connectivity index (χ3v) is 7.05. The topological polar surface area (TPSA) is 119 Å². The molecule has 1 heterocycles. The van der Waals surface area contributed by atoms with Crippen LogP contribution < -0.4 is 14.8 Å². The van der Waals surface area contributed by atoms with Crippen LogP contribution in [0.5, 0.6) is 0 Å². The van der Waals surface area contributed by atoms with Crippen LogP contribution in [0, 0.1) is 0 Å². The molecule has 0 saturated carbocycles. The normalized spacial score (nSPS) is 16.1. The first-order valence-electron chi connectivity index (χ1n) is 8.72. The molecule has 1 saturated heterocycles. The van der Waals surface area contributed by atoms with Crippen LogP contribution in [0.15, 0.2) is 58.3 Å². The third kappa shape index (κ3) is 4.82. The number of nitrogens with one attached hydrogen (secondary N) is 1. The van der Waals surface area contributed by atoms with E-state index in [1.165, 1.54) is 12.1 Å². The standard InChI is InChI=1S/C18H23N3O5S2/c1-26-16-10-12-21(13-11-16)15-4-2-14(3-5-15)20-28(24,25)18-8-6-17(7-9-18)27(19,22)23/h2-9,16,20H,10-13H2,1H3,(H2,19,22,23). The van der Waals surface area contributed by atoms with Crippen LogP contribution in [0.3, 0.4) is 0 Å². The van der Waals surface area contributed by atoms with Gasteiger partial charge in [0.05, 0.1) is 15.9 Å². The number of hydrogen-bond donors (Lipinski definition) is 2. The minimum absolute atomic E-state index is 0.0504. The number of nitrogens with two attached hydrogens (primary N) is 1. The molecule has 2 aromatic rings. The molecule has 0 amide bonds. The second-order valence-electron chi connectivity index (χ2n) is 6.59. The lowest BCUT2D eigenvalue weighted by molar-refractivity contribution is 0.0819. The molecule has 8 nitrogen and oxygen atoms in total. The van der Waals surface area contributed by atoms with Gasteiger partial charge in [-0.3, -0.25) is 4.72 Å². The van der Waals surface area contributed by atoms with Crippen LogP contribution in [0.2, 0.25) is 0 Å². The van der Waals surface area contributed by atoms with E-state index >= 15 is 0 Å². The van der Waals surface area contributed by atoms with Gasteiger partial charge in [0.25, 0.3) is 10.0 Å². The predicted molar refractivity (Wildman–Crippen MR) is 107 cm³/mol. The quantitative estimate of drug-likeness (QED) is 0.728. The molecular weight excluding hydrogens is 402 g/mol. The van der Waals surface area contributed by atoms with Crippen molar-refractivity contribution < 1.29 is 21.6 Å². The van der Waals surface area contributed by atoms with Crippen molar-refractivity contribution in [3.05, 3.63) is 48.5 Å². The number of primary sulfonamides is 1. The number of ether oxygens (including phenoxy) is 1. The summed E-state index contributed by atoms with van der Waals surface area (Å²) in [5, 5.41) is 5.03. The molecule has 1 fully saturated rings. The molecule has 2 aromatic carbocycles. The molecule has 28 heavy (non-hydrogen) atoms. The van der Waals surface area contributed by atoms with Crippen molar-refractivity contribution in [3.63, 3.8) is 0 Å². The molecule has 10 heteroatoms. The number of hydrogen-bond acceptors (Lipinski definition) is 6. The summed E-state index contributed by atoms with van der Waals surface area (Å²) in [6.07, 6.45) is 2.21.